The van der Waals surface area contributed by atoms with E-state index in [0.29, 0.717) is 24.9 Å². The lowest BCUT2D eigenvalue weighted by molar-refractivity contribution is -0.132. The number of benzene rings is 1. The highest BCUT2D eigenvalue weighted by molar-refractivity contribution is 5.78. The number of nitrogens with zero attached hydrogens (tertiary/aromatic N) is 3. The molecule has 5 heteroatoms. The Morgan fingerprint density at radius 3 is 2.38 bits per heavy atom. The summed E-state index contributed by atoms with van der Waals surface area (Å²) >= 11 is 0. The third-order valence-corrected chi connectivity index (χ3v) is 5.60. The van der Waals surface area contributed by atoms with E-state index in [1.165, 1.54) is 5.56 Å². The van der Waals surface area contributed by atoms with Crippen molar-refractivity contribution >= 4 is 5.91 Å². The van der Waals surface area contributed by atoms with Crippen LogP contribution in [0, 0.1) is 5.92 Å². The number of nitrogens with two attached hydrogens (primary N) is 1. The molecule has 0 radical (unpaired) electrons. The summed E-state index contributed by atoms with van der Waals surface area (Å²) < 4.78 is 0. The molecule has 3 rings (SSSR count). The molecule has 0 bridgehead atoms. The van der Waals surface area contributed by atoms with Crippen molar-refractivity contribution in [2.75, 3.05) is 58.9 Å². The first kappa shape index (κ1) is 17.4. The molecule has 2 N–H and O–H groups in total. The molecule has 2 fully saturated rings. The molecule has 0 unspecified atom stereocenters. The van der Waals surface area contributed by atoms with Crippen LogP contribution in [0.1, 0.15) is 18.4 Å². The molecule has 1 amide bonds. The van der Waals surface area contributed by atoms with E-state index in [-0.39, 0.29) is 5.91 Å². The van der Waals surface area contributed by atoms with Crippen molar-refractivity contribution in [3.63, 3.8) is 0 Å². The first-order valence-electron chi connectivity index (χ1n) is 9.18. The van der Waals surface area contributed by atoms with Gasteiger partial charge in [0.1, 0.15) is 0 Å². The quantitative estimate of drug-likeness (QED) is 0.869. The van der Waals surface area contributed by atoms with Crippen LogP contribution in [0.3, 0.4) is 0 Å². The number of hydrogen-bond acceptors (Lipinski definition) is 4. The molecule has 2 aliphatic rings. The van der Waals surface area contributed by atoms with E-state index in [0.717, 1.165) is 45.8 Å². The van der Waals surface area contributed by atoms with Gasteiger partial charge in [-0.25, -0.2) is 0 Å². The minimum atomic E-state index is 0.261. The lowest BCUT2D eigenvalue weighted by atomic mass is 9.89. The van der Waals surface area contributed by atoms with Crippen LogP contribution in [-0.4, -0.2) is 79.5 Å². The van der Waals surface area contributed by atoms with Gasteiger partial charge >= 0.3 is 0 Å². The molecule has 2 saturated heterocycles. The van der Waals surface area contributed by atoms with Gasteiger partial charge in [0.05, 0.1) is 6.54 Å². The number of hydrogen-bond donors (Lipinski definition) is 1. The topological polar surface area (TPSA) is 52.8 Å². The van der Waals surface area contributed by atoms with Gasteiger partial charge in [0, 0.05) is 45.2 Å². The van der Waals surface area contributed by atoms with Crippen molar-refractivity contribution < 1.29 is 4.79 Å². The number of likely N-dealkylation sites (N-methyl/N-ethyl adjacent to an activating group) is 1. The van der Waals surface area contributed by atoms with Crippen molar-refractivity contribution in [2.24, 2.45) is 11.7 Å². The Hall–Kier alpha value is -1.43. The lowest BCUT2D eigenvalue weighted by Crippen LogP contribution is -2.49. The Labute approximate surface area is 145 Å². The zero-order valence-corrected chi connectivity index (χ0v) is 14.7. The van der Waals surface area contributed by atoms with E-state index in [1.54, 1.807) is 0 Å². The minimum absolute atomic E-state index is 0.261. The number of carbonyl (C=O) groups excluding carboxylic acids is 1. The SMILES string of the molecule is CCN1CCN(CC(=O)N2C[C@@H](CN)[C@H](c3ccccc3)C2)CC1. The second-order valence-corrected chi connectivity index (χ2v) is 7.02. The van der Waals surface area contributed by atoms with E-state index < -0.39 is 0 Å². The number of amides is 1. The molecule has 0 aliphatic carbocycles. The standard InChI is InChI=1S/C19H30N4O/c1-2-21-8-10-22(11-9-21)15-19(24)23-13-17(12-20)18(14-23)16-6-4-3-5-7-16/h3-7,17-18H,2,8-15,20H2,1H3/t17-,18+/m1/s1. The van der Waals surface area contributed by atoms with Crippen LogP contribution >= 0.6 is 0 Å². The molecule has 24 heavy (non-hydrogen) atoms. The van der Waals surface area contributed by atoms with E-state index in [4.69, 9.17) is 5.73 Å². The van der Waals surface area contributed by atoms with Crippen molar-refractivity contribution in [3.05, 3.63) is 35.9 Å². The lowest BCUT2D eigenvalue weighted by Gasteiger charge is -2.34. The Morgan fingerprint density at radius 2 is 1.75 bits per heavy atom. The molecule has 2 atom stereocenters. The smallest absolute Gasteiger partial charge is 0.236 e. The molecule has 1 aromatic rings. The zero-order valence-electron chi connectivity index (χ0n) is 14.7. The van der Waals surface area contributed by atoms with Crippen LogP contribution in [0.25, 0.3) is 0 Å². The van der Waals surface area contributed by atoms with E-state index in [2.05, 4.69) is 41.0 Å². The van der Waals surface area contributed by atoms with Gasteiger partial charge in [0.15, 0.2) is 0 Å². The van der Waals surface area contributed by atoms with Crippen molar-refractivity contribution in [1.82, 2.24) is 14.7 Å². The summed E-state index contributed by atoms with van der Waals surface area (Å²) in [7, 11) is 0. The van der Waals surface area contributed by atoms with E-state index >= 15 is 0 Å². The third kappa shape index (κ3) is 3.97. The number of likely N-dealkylation sites (tertiary alicyclic amines) is 1. The van der Waals surface area contributed by atoms with Crippen LogP contribution in [0.5, 0.6) is 0 Å². The number of rotatable bonds is 5. The van der Waals surface area contributed by atoms with Crippen LogP contribution in [0.4, 0.5) is 0 Å². The predicted molar refractivity (Wildman–Crippen MR) is 96.9 cm³/mol. The first-order chi connectivity index (χ1) is 11.7. The number of carbonyl (C=O) groups is 1. The maximum absolute atomic E-state index is 12.7. The molecule has 0 spiro atoms. The summed E-state index contributed by atoms with van der Waals surface area (Å²) in [6.45, 7) is 10.2. The largest absolute Gasteiger partial charge is 0.341 e. The minimum Gasteiger partial charge on any atom is -0.341 e. The average Bonchev–Trinajstić information content (AvgIpc) is 3.08. The van der Waals surface area contributed by atoms with Gasteiger partial charge < -0.3 is 15.5 Å². The summed E-state index contributed by atoms with van der Waals surface area (Å²) in [6.07, 6.45) is 0. The summed E-state index contributed by atoms with van der Waals surface area (Å²) in [4.78, 5) is 19.5. The summed E-state index contributed by atoms with van der Waals surface area (Å²) in [5.74, 6) is 1.00. The molecule has 132 valence electrons. The van der Waals surface area contributed by atoms with Crippen molar-refractivity contribution in [2.45, 2.75) is 12.8 Å². The summed E-state index contributed by atoms with van der Waals surface area (Å²) in [5.41, 5.74) is 7.29. The highest BCUT2D eigenvalue weighted by Crippen LogP contribution is 2.32. The van der Waals surface area contributed by atoms with Crippen LogP contribution in [-0.2, 0) is 4.79 Å². The van der Waals surface area contributed by atoms with Crippen molar-refractivity contribution in [3.8, 4) is 0 Å². The Morgan fingerprint density at radius 1 is 1.08 bits per heavy atom. The second-order valence-electron chi connectivity index (χ2n) is 7.02. The number of piperazine rings is 1. The molecular formula is C19H30N4O. The molecule has 0 aromatic heterocycles. The predicted octanol–water partition coefficient (Wildman–Crippen LogP) is 0.825. The maximum atomic E-state index is 12.7. The van der Waals surface area contributed by atoms with Gasteiger partial charge in [-0.1, -0.05) is 37.3 Å². The average molecular weight is 330 g/mol. The normalized spacial score (nSPS) is 26.0. The molecule has 5 nitrogen and oxygen atoms in total. The molecule has 2 heterocycles. The molecular weight excluding hydrogens is 300 g/mol. The Bertz CT molecular complexity index is 527. The van der Waals surface area contributed by atoms with Crippen LogP contribution in [0.15, 0.2) is 30.3 Å². The Kier molecular flexibility index (Phi) is 5.87. The Balaban J connectivity index is 1.56. The van der Waals surface area contributed by atoms with Gasteiger partial charge in [-0.3, -0.25) is 9.69 Å². The van der Waals surface area contributed by atoms with E-state index in [9.17, 15) is 4.79 Å². The molecule has 0 saturated carbocycles. The molecule has 1 aromatic carbocycles. The van der Waals surface area contributed by atoms with Gasteiger partial charge in [-0.2, -0.15) is 0 Å². The van der Waals surface area contributed by atoms with Gasteiger partial charge in [-0.15, -0.1) is 0 Å². The van der Waals surface area contributed by atoms with Gasteiger partial charge in [0.2, 0.25) is 5.91 Å². The highest BCUT2D eigenvalue weighted by Gasteiger charge is 2.35. The molecule has 2 aliphatic heterocycles. The summed E-state index contributed by atoms with van der Waals surface area (Å²) in [6, 6.07) is 10.5. The zero-order chi connectivity index (χ0) is 16.9. The highest BCUT2D eigenvalue weighted by atomic mass is 16.2. The van der Waals surface area contributed by atoms with Crippen molar-refractivity contribution in [1.29, 1.82) is 0 Å². The fourth-order valence-electron chi connectivity index (χ4n) is 3.95. The maximum Gasteiger partial charge on any atom is 0.236 e. The van der Waals surface area contributed by atoms with E-state index in [1.807, 2.05) is 11.0 Å². The monoisotopic (exact) mass is 330 g/mol. The first-order valence-corrected chi connectivity index (χ1v) is 9.18. The third-order valence-electron chi connectivity index (χ3n) is 5.60. The van der Waals surface area contributed by atoms with Crippen LogP contribution in [0.2, 0.25) is 0 Å². The van der Waals surface area contributed by atoms with Crippen LogP contribution < -0.4 is 5.73 Å². The second kappa shape index (κ2) is 8.10. The summed E-state index contributed by atoms with van der Waals surface area (Å²) in [5, 5.41) is 0. The fraction of sp³-hybridized carbons (Fsp3) is 0.632. The fourth-order valence-corrected chi connectivity index (χ4v) is 3.95. The van der Waals surface area contributed by atoms with Gasteiger partial charge in [0.25, 0.3) is 0 Å². The van der Waals surface area contributed by atoms with Gasteiger partial charge in [-0.05, 0) is 24.6 Å².